The molecular formula is C13H16N2O2. The van der Waals surface area contributed by atoms with E-state index in [9.17, 15) is 9.59 Å². The van der Waals surface area contributed by atoms with Gasteiger partial charge in [-0.15, -0.1) is 0 Å². The number of amides is 2. The zero-order valence-electron chi connectivity index (χ0n) is 9.90. The molecule has 1 heterocycles. The van der Waals surface area contributed by atoms with Gasteiger partial charge in [0.25, 0.3) is 5.91 Å². The minimum absolute atomic E-state index is 0.110. The summed E-state index contributed by atoms with van der Waals surface area (Å²) in [5, 5.41) is 2.57. The Morgan fingerprint density at radius 1 is 1.24 bits per heavy atom. The van der Waals surface area contributed by atoms with Crippen LogP contribution in [-0.4, -0.2) is 25.4 Å². The molecule has 0 saturated carbocycles. The molecule has 90 valence electrons. The van der Waals surface area contributed by atoms with Crippen molar-refractivity contribution in [2.75, 3.05) is 18.5 Å². The van der Waals surface area contributed by atoms with Gasteiger partial charge < -0.3 is 10.2 Å². The van der Waals surface area contributed by atoms with Gasteiger partial charge in [-0.2, -0.15) is 0 Å². The molecule has 0 atom stereocenters. The number of hydrogen-bond donors (Lipinski definition) is 1. The molecule has 0 bridgehead atoms. The van der Waals surface area contributed by atoms with Gasteiger partial charge in [0.15, 0.2) is 0 Å². The quantitative estimate of drug-likeness (QED) is 0.841. The molecule has 0 unspecified atom stereocenters. The average molecular weight is 232 g/mol. The van der Waals surface area contributed by atoms with E-state index in [1.807, 2.05) is 12.1 Å². The maximum atomic E-state index is 11.7. The first kappa shape index (κ1) is 11.6. The summed E-state index contributed by atoms with van der Waals surface area (Å²) in [5.41, 5.74) is 1.49. The Balaban J connectivity index is 2.17. The third-order valence-corrected chi connectivity index (χ3v) is 2.99. The van der Waals surface area contributed by atoms with Crippen LogP contribution in [0.1, 0.15) is 29.6 Å². The predicted octanol–water partition coefficient (Wildman–Crippen LogP) is 1.56. The fourth-order valence-electron chi connectivity index (χ4n) is 2.02. The molecule has 1 aromatic rings. The van der Waals surface area contributed by atoms with Gasteiger partial charge in [-0.1, -0.05) is 0 Å². The van der Waals surface area contributed by atoms with Crippen LogP contribution in [0.3, 0.4) is 0 Å². The zero-order chi connectivity index (χ0) is 12.3. The van der Waals surface area contributed by atoms with Gasteiger partial charge in [-0.25, -0.2) is 0 Å². The summed E-state index contributed by atoms with van der Waals surface area (Å²) in [5.74, 6) is 0.0606. The van der Waals surface area contributed by atoms with Crippen molar-refractivity contribution < 1.29 is 9.59 Å². The first-order valence-corrected chi connectivity index (χ1v) is 5.85. The normalized spacial score (nSPS) is 15.8. The van der Waals surface area contributed by atoms with E-state index in [2.05, 4.69) is 5.32 Å². The van der Waals surface area contributed by atoms with E-state index in [4.69, 9.17) is 0 Å². The minimum Gasteiger partial charge on any atom is -0.355 e. The Hall–Kier alpha value is -1.84. The minimum atomic E-state index is -0.110. The third kappa shape index (κ3) is 2.46. The van der Waals surface area contributed by atoms with Crippen LogP contribution in [0.5, 0.6) is 0 Å². The van der Waals surface area contributed by atoms with Gasteiger partial charge in [0.2, 0.25) is 5.91 Å². The van der Waals surface area contributed by atoms with Crippen LogP contribution in [0, 0.1) is 0 Å². The molecule has 0 aromatic heterocycles. The van der Waals surface area contributed by atoms with Crippen molar-refractivity contribution >= 4 is 17.5 Å². The number of carbonyl (C=O) groups is 2. The molecule has 1 saturated heterocycles. The van der Waals surface area contributed by atoms with Crippen molar-refractivity contribution in [3.05, 3.63) is 29.8 Å². The lowest BCUT2D eigenvalue weighted by Crippen LogP contribution is -2.35. The third-order valence-electron chi connectivity index (χ3n) is 2.99. The Morgan fingerprint density at radius 2 is 1.94 bits per heavy atom. The molecule has 0 radical (unpaired) electrons. The lowest BCUT2D eigenvalue weighted by molar-refractivity contribution is -0.119. The number of anilines is 1. The summed E-state index contributed by atoms with van der Waals surface area (Å²) in [6.45, 7) is 0.776. The molecule has 0 spiro atoms. The van der Waals surface area contributed by atoms with Crippen molar-refractivity contribution in [1.29, 1.82) is 0 Å². The van der Waals surface area contributed by atoms with Crippen molar-refractivity contribution in [3.63, 3.8) is 0 Å². The highest BCUT2D eigenvalue weighted by Crippen LogP contribution is 2.21. The second-order valence-corrected chi connectivity index (χ2v) is 4.13. The molecule has 1 aliphatic rings. The van der Waals surface area contributed by atoms with Crippen LogP contribution in [0.15, 0.2) is 24.3 Å². The van der Waals surface area contributed by atoms with E-state index in [-0.39, 0.29) is 11.8 Å². The summed E-state index contributed by atoms with van der Waals surface area (Å²) in [6.07, 6.45) is 2.64. The lowest BCUT2D eigenvalue weighted by atomic mass is 10.1. The van der Waals surface area contributed by atoms with Crippen LogP contribution in [0.2, 0.25) is 0 Å². The molecule has 4 nitrogen and oxygen atoms in total. The van der Waals surface area contributed by atoms with E-state index in [0.29, 0.717) is 12.0 Å². The van der Waals surface area contributed by atoms with Crippen LogP contribution in [-0.2, 0) is 4.79 Å². The number of nitrogens with one attached hydrogen (secondary N) is 1. The summed E-state index contributed by atoms with van der Waals surface area (Å²) in [7, 11) is 1.60. The van der Waals surface area contributed by atoms with Crippen LogP contribution in [0.4, 0.5) is 5.69 Å². The van der Waals surface area contributed by atoms with Crippen molar-refractivity contribution in [3.8, 4) is 0 Å². The Kier molecular flexibility index (Phi) is 3.42. The van der Waals surface area contributed by atoms with E-state index in [1.165, 1.54) is 0 Å². The molecule has 0 aliphatic carbocycles. The largest absolute Gasteiger partial charge is 0.355 e. The molecule has 4 heteroatoms. The maximum absolute atomic E-state index is 11.7. The number of carbonyl (C=O) groups excluding carboxylic acids is 2. The second-order valence-electron chi connectivity index (χ2n) is 4.13. The summed E-state index contributed by atoms with van der Waals surface area (Å²) in [6, 6.07) is 7.15. The standard InChI is InChI=1S/C13H16N2O2/c1-14-13(17)10-5-7-11(8-6-10)15-9-3-2-4-12(15)16/h5-8H,2-4,9H2,1H3,(H,14,17). The highest BCUT2D eigenvalue weighted by molar-refractivity contribution is 5.96. The topological polar surface area (TPSA) is 49.4 Å². The fraction of sp³-hybridized carbons (Fsp3) is 0.385. The molecular weight excluding hydrogens is 216 g/mol. The van der Waals surface area contributed by atoms with Crippen LogP contribution < -0.4 is 10.2 Å². The average Bonchev–Trinajstić information content (AvgIpc) is 2.39. The first-order valence-electron chi connectivity index (χ1n) is 5.85. The van der Waals surface area contributed by atoms with Crippen LogP contribution >= 0.6 is 0 Å². The zero-order valence-corrected chi connectivity index (χ0v) is 9.90. The molecule has 1 N–H and O–H groups in total. The smallest absolute Gasteiger partial charge is 0.251 e. The molecule has 2 rings (SSSR count). The highest BCUT2D eigenvalue weighted by atomic mass is 16.2. The van der Waals surface area contributed by atoms with E-state index in [0.717, 1.165) is 25.1 Å². The van der Waals surface area contributed by atoms with E-state index in [1.54, 1.807) is 24.1 Å². The van der Waals surface area contributed by atoms with Gasteiger partial charge in [0.05, 0.1) is 0 Å². The van der Waals surface area contributed by atoms with Crippen molar-refractivity contribution in [2.45, 2.75) is 19.3 Å². The van der Waals surface area contributed by atoms with Gasteiger partial charge in [-0.05, 0) is 37.1 Å². The molecule has 1 aromatic carbocycles. The van der Waals surface area contributed by atoms with Gasteiger partial charge in [0, 0.05) is 31.3 Å². The van der Waals surface area contributed by atoms with E-state index >= 15 is 0 Å². The summed E-state index contributed by atoms with van der Waals surface area (Å²) in [4.78, 5) is 24.9. The number of rotatable bonds is 2. The van der Waals surface area contributed by atoms with Crippen molar-refractivity contribution in [2.24, 2.45) is 0 Å². The first-order chi connectivity index (χ1) is 8.22. The molecule has 1 aliphatic heterocycles. The Labute approximate surface area is 101 Å². The maximum Gasteiger partial charge on any atom is 0.251 e. The van der Waals surface area contributed by atoms with Gasteiger partial charge >= 0.3 is 0 Å². The molecule has 2 amide bonds. The fourth-order valence-corrected chi connectivity index (χ4v) is 2.02. The monoisotopic (exact) mass is 232 g/mol. The van der Waals surface area contributed by atoms with Gasteiger partial charge in [-0.3, -0.25) is 9.59 Å². The van der Waals surface area contributed by atoms with E-state index < -0.39 is 0 Å². The summed E-state index contributed by atoms with van der Waals surface area (Å²) < 4.78 is 0. The van der Waals surface area contributed by atoms with Crippen molar-refractivity contribution in [1.82, 2.24) is 5.32 Å². The molecule has 17 heavy (non-hydrogen) atoms. The number of piperidine rings is 1. The SMILES string of the molecule is CNC(=O)c1ccc(N2CCCCC2=O)cc1. The predicted molar refractivity (Wildman–Crippen MR) is 66.0 cm³/mol. The Morgan fingerprint density at radius 3 is 2.53 bits per heavy atom. The Bertz CT molecular complexity index is 426. The highest BCUT2D eigenvalue weighted by Gasteiger charge is 2.19. The number of nitrogens with zero attached hydrogens (tertiary/aromatic N) is 1. The number of hydrogen-bond acceptors (Lipinski definition) is 2. The van der Waals surface area contributed by atoms with Crippen LogP contribution in [0.25, 0.3) is 0 Å². The second kappa shape index (κ2) is 4.99. The lowest BCUT2D eigenvalue weighted by Gasteiger charge is -2.26. The number of benzene rings is 1. The molecule has 1 fully saturated rings. The van der Waals surface area contributed by atoms with Gasteiger partial charge in [0.1, 0.15) is 0 Å². The summed E-state index contributed by atoms with van der Waals surface area (Å²) >= 11 is 0.